The molecule has 3 heteroatoms. The van der Waals surface area contributed by atoms with Crippen LogP contribution in [0.3, 0.4) is 0 Å². The Bertz CT molecular complexity index is 2280. The second kappa shape index (κ2) is 11.1. The van der Waals surface area contributed by atoms with E-state index in [1.54, 1.807) is 0 Å². The molecular formula is C44H35N3. The average Bonchev–Trinajstić information content (AvgIpc) is 3.14. The Labute approximate surface area is 275 Å². The molecule has 1 aliphatic heterocycles. The van der Waals surface area contributed by atoms with Crippen LogP contribution >= 0.6 is 0 Å². The zero-order valence-corrected chi connectivity index (χ0v) is 26.4. The molecule has 3 nitrogen and oxygen atoms in total. The first-order valence-corrected chi connectivity index (χ1v) is 16.6. The summed E-state index contributed by atoms with van der Waals surface area (Å²) in [6.45, 7) is 2.21. The number of hydrogen-bond donors (Lipinski definition) is 1. The Morgan fingerprint density at radius 1 is 0.766 bits per heavy atom. The summed E-state index contributed by atoms with van der Waals surface area (Å²) in [5.41, 5.74) is 9.99. The maximum absolute atomic E-state index is 5.60. The average molecular weight is 606 g/mol. The highest BCUT2D eigenvalue weighted by Gasteiger charge is 2.37. The minimum absolute atomic E-state index is 0.236. The summed E-state index contributed by atoms with van der Waals surface area (Å²) in [5.74, 6) is 0.561. The number of aromatic nitrogens is 1. The Morgan fingerprint density at radius 2 is 1.53 bits per heavy atom. The van der Waals surface area contributed by atoms with E-state index in [0.717, 1.165) is 41.1 Å². The molecule has 3 atom stereocenters. The van der Waals surface area contributed by atoms with Gasteiger partial charge in [-0.05, 0) is 87.9 Å². The van der Waals surface area contributed by atoms with Gasteiger partial charge >= 0.3 is 0 Å². The Morgan fingerprint density at radius 3 is 2.36 bits per heavy atom. The molecular weight excluding hydrogens is 571 g/mol. The molecule has 3 aliphatic carbocycles. The molecule has 1 aromatic heterocycles. The monoisotopic (exact) mass is 605 g/mol. The second-order valence-corrected chi connectivity index (χ2v) is 13.1. The van der Waals surface area contributed by atoms with E-state index in [-0.39, 0.29) is 5.92 Å². The van der Waals surface area contributed by atoms with E-state index in [2.05, 4.69) is 151 Å². The molecule has 9 rings (SSSR count). The first-order chi connectivity index (χ1) is 23.1. The molecule has 0 radical (unpaired) electrons. The van der Waals surface area contributed by atoms with Gasteiger partial charge in [0.15, 0.2) is 5.66 Å². The molecule has 3 unspecified atom stereocenters. The van der Waals surface area contributed by atoms with Crippen LogP contribution in [0.5, 0.6) is 0 Å². The third-order valence-electron chi connectivity index (χ3n) is 10.2. The van der Waals surface area contributed by atoms with Gasteiger partial charge < -0.3 is 5.32 Å². The fraction of sp³-hybridized carbons (Fsp3) is 0.136. The number of benzene rings is 4. The van der Waals surface area contributed by atoms with Crippen molar-refractivity contribution in [1.82, 2.24) is 10.3 Å². The molecule has 0 saturated heterocycles. The minimum Gasteiger partial charge on any atom is -0.357 e. The number of hydrogen-bond acceptors (Lipinski definition) is 3. The highest BCUT2D eigenvalue weighted by molar-refractivity contribution is 6.17. The van der Waals surface area contributed by atoms with Crippen molar-refractivity contribution in [2.75, 3.05) is 0 Å². The van der Waals surface area contributed by atoms with Crippen LogP contribution in [0.1, 0.15) is 30.9 Å². The molecule has 0 spiro atoms. The number of nitrogens with zero attached hydrogens (tertiary/aromatic N) is 2. The minimum atomic E-state index is -0.694. The lowest BCUT2D eigenvalue weighted by molar-refractivity contribution is 0.446. The van der Waals surface area contributed by atoms with Crippen molar-refractivity contribution < 1.29 is 0 Å². The smallest absolute Gasteiger partial charge is 0.153 e. The first-order valence-electron chi connectivity index (χ1n) is 16.6. The summed E-state index contributed by atoms with van der Waals surface area (Å²) in [4.78, 5) is 10.2. The van der Waals surface area contributed by atoms with Gasteiger partial charge in [-0.1, -0.05) is 121 Å². The number of rotatable bonds is 4. The third-order valence-corrected chi connectivity index (χ3v) is 10.2. The standard InChI is InChI=1S/C44H35N3/c1-44(32-23-21-29(22-24-32)41-20-10-11-25-45-41)46-42(39-26-30-12-2-4-14-33(30)35-16-6-8-18-37(35)39)28-43(47-44)40-27-31-13-3-5-15-34(31)36-17-7-9-19-38(36)40/h2,4-12,14-28,36,38,46H,3,13H2,1H3. The van der Waals surface area contributed by atoms with E-state index in [1.807, 2.05) is 18.3 Å². The molecule has 2 heterocycles. The fourth-order valence-corrected chi connectivity index (χ4v) is 7.85. The molecule has 226 valence electrons. The molecule has 0 fully saturated rings. The van der Waals surface area contributed by atoms with Crippen LogP contribution in [0.15, 0.2) is 174 Å². The number of nitrogens with one attached hydrogen (secondary N) is 1. The van der Waals surface area contributed by atoms with Gasteiger partial charge in [-0.25, -0.2) is 0 Å². The van der Waals surface area contributed by atoms with Gasteiger partial charge in [-0.15, -0.1) is 0 Å². The van der Waals surface area contributed by atoms with Crippen LogP contribution < -0.4 is 5.32 Å². The van der Waals surface area contributed by atoms with Crippen LogP contribution in [0, 0.1) is 11.8 Å². The molecule has 1 N–H and O–H groups in total. The maximum atomic E-state index is 5.60. The highest BCUT2D eigenvalue weighted by Crippen LogP contribution is 2.45. The van der Waals surface area contributed by atoms with Gasteiger partial charge in [0.05, 0.1) is 11.4 Å². The molecule has 0 amide bonds. The lowest BCUT2D eigenvalue weighted by Gasteiger charge is -2.39. The first kappa shape index (κ1) is 27.7. The van der Waals surface area contributed by atoms with Gasteiger partial charge in [-0.2, -0.15) is 0 Å². The predicted molar refractivity (Wildman–Crippen MR) is 196 cm³/mol. The number of fused-ring (bicyclic) bond motifs is 5. The van der Waals surface area contributed by atoms with Crippen molar-refractivity contribution in [3.05, 3.63) is 180 Å². The normalized spacial score (nSPS) is 23.1. The summed E-state index contributed by atoms with van der Waals surface area (Å²) < 4.78 is 0. The van der Waals surface area contributed by atoms with E-state index >= 15 is 0 Å². The van der Waals surface area contributed by atoms with Crippen LogP contribution in [0.2, 0.25) is 0 Å². The van der Waals surface area contributed by atoms with Crippen molar-refractivity contribution in [1.29, 1.82) is 0 Å². The Hall–Kier alpha value is -5.54. The molecule has 5 aromatic rings. The van der Waals surface area contributed by atoms with Gasteiger partial charge in [0.1, 0.15) is 0 Å². The van der Waals surface area contributed by atoms with E-state index < -0.39 is 5.66 Å². The van der Waals surface area contributed by atoms with Crippen LogP contribution in [-0.2, 0) is 5.66 Å². The van der Waals surface area contributed by atoms with Crippen molar-refractivity contribution >= 4 is 33.0 Å². The largest absolute Gasteiger partial charge is 0.357 e. The van der Waals surface area contributed by atoms with Gasteiger partial charge in [0, 0.05) is 34.9 Å². The Balaban J connectivity index is 1.24. The highest BCUT2D eigenvalue weighted by atomic mass is 15.2. The van der Waals surface area contributed by atoms with Crippen LogP contribution in [0.4, 0.5) is 0 Å². The number of allylic oxidation sites excluding steroid dienone is 11. The van der Waals surface area contributed by atoms with Crippen molar-refractivity contribution in [3.8, 4) is 11.3 Å². The van der Waals surface area contributed by atoms with Crippen LogP contribution in [0.25, 0.3) is 38.5 Å². The summed E-state index contributed by atoms with van der Waals surface area (Å²) in [6, 6.07) is 34.6. The van der Waals surface area contributed by atoms with E-state index in [1.165, 1.54) is 43.8 Å². The topological polar surface area (TPSA) is 37.3 Å². The van der Waals surface area contributed by atoms with E-state index in [0.29, 0.717) is 5.92 Å². The lowest BCUT2D eigenvalue weighted by atomic mass is 9.69. The zero-order chi connectivity index (χ0) is 31.4. The summed E-state index contributed by atoms with van der Waals surface area (Å²) >= 11 is 0. The van der Waals surface area contributed by atoms with E-state index in [4.69, 9.17) is 4.99 Å². The Kier molecular flexibility index (Phi) is 6.53. The summed E-state index contributed by atoms with van der Waals surface area (Å²) in [6.07, 6.45) is 22.6. The van der Waals surface area contributed by atoms with Crippen LogP contribution in [-0.4, -0.2) is 10.7 Å². The van der Waals surface area contributed by atoms with Crippen molar-refractivity contribution in [3.63, 3.8) is 0 Å². The third kappa shape index (κ3) is 4.73. The predicted octanol–water partition coefficient (Wildman–Crippen LogP) is 10.3. The fourth-order valence-electron chi connectivity index (χ4n) is 7.85. The SMILES string of the molecule is CC1(c2ccc(-c3ccccn3)cc2)N=C(C2=CC3=C(C=CCC3)C3C=CC=CC23)C=C(c2cc3ccccc3c3ccccc23)N1. The second-order valence-electron chi connectivity index (χ2n) is 13.1. The zero-order valence-electron chi connectivity index (χ0n) is 26.4. The van der Waals surface area contributed by atoms with E-state index in [9.17, 15) is 0 Å². The van der Waals surface area contributed by atoms with Crippen molar-refractivity contribution in [2.24, 2.45) is 16.8 Å². The molecule has 0 saturated carbocycles. The maximum Gasteiger partial charge on any atom is 0.153 e. The molecule has 0 bridgehead atoms. The number of pyridine rings is 1. The summed E-state index contributed by atoms with van der Waals surface area (Å²) in [5, 5.41) is 8.95. The van der Waals surface area contributed by atoms with Gasteiger partial charge in [-0.3, -0.25) is 9.98 Å². The van der Waals surface area contributed by atoms with Gasteiger partial charge in [0.2, 0.25) is 0 Å². The molecule has 4 aliphatic rings. The lowest BCUT2D eigenvalue weighted by Crippen LogP contribution is -2.41. The quantitative estimate of drug-likeness (QED) is 0.207. The number of aliphatic imine (C=N–C) groups is 1. The summed E-state index contributed by atoms with van der Waals surface area (Å²) in [7, 11) is 0. The molecule has 4 aromatic carbocycles. The van der Waals surface area contributed by atoms with Gasteiger partial charge in [0.25, 0.3) is 0 Å². The molecule has 47 heavy (non-hydrogen) atoms. The van der Waals surface area contributed by atoms with Crippen molar-refractivity contribution in [2.45, 2.75) is 25.4 Å².